The van der Waals surface area contributed by atoms with Crippen LogP contribution in [0.15, 0.2) is 41.5 Å². The van der Waals surface area contributed by atoms with Crippen molar-refractivity contribution in [2.24, 2.45) is 5.10 Å². The van der Waals surface area contributed by atoms with Gasteiger partial charge in [-0.25, -0.2) is 5.43 Å². The summed E-state index contributed by atoms with van der Waals surface area (Å²) in [7, 11) is 0. The minimum atomic E-state index is -0.882. The Morgan fingerprint density at radius 1 is 1.05 bits per heavy atom. The summed E-state index contributed by atoms with van der Waals surface area (Å²) in [5, 5.41) is 9.60. The van der Waals surface area contributed by atoms with Crippen molar-refractivity contribution in [2.45, 2.75) is 40.2 Å². The zero-order valence-electron chi connectivity index (χ0n) is 21.4. The van der Waals surface area contributed by atoms with Crippen LogP contribution in [0.1, 0.15) is 38.3 Å². The number of aryl methyl sites for hydroxylation is 1. The summed E-state index contributed by atoms with van der Waals surface area (Å²) in [6.45, 7) is 8.45. The van der Waals surface area contributed by atoms with Crippen molar-refractivity contribution in [1.29, 1.82) is 0 Å². The summed E-state index contributed by atoms with van der Waals surface area (Å²) in [5.41, 5.74) is 4.24. The molecular weight excluding hydrogens is 500 g/mol. The topological polar surface area (TPSA) is 127 Å². The zero-order chi connectivity index (χ0) is 27.2. The molecule has 0 heterocycles. The van der Waals surface area contributed by atoms with E-state index in [9.17, 15) is 14.4 Å². The molecule has 2 aromatic rings. The summed E-state index contributed by atoms with van der Waals surface area (Å²) in [6.07, 6.45) is 2.07. The number of hydrogen-bond acceptors (Lipinski definition) is 7. The number of hydrazone groups is 1. The van der Waals surface area contributed by atoms with Gasteiger partial charge in [0.25, 0.3) is 5.91 Å². The molecule has 0 radical (unpaired) electrons. The van der Waals surface area contributed by atoms with E-state index in [1.165, 1.54) is 6.21 Å². The second kappa shape index (κ2) is 15.5. The van der Waals surface area contributed by atoms with Crippen molar-refractivity contribution < 1.29 is 28.6 Å². The Balaban J connectivity index is 1.88. The van der Waals surface area contributed by atoms with E-state index in [0.717, 1.165) is 5.56 Å². The number of rotatable bonds is 13. The van der Waals surface area contributed by atoms with Crippen LogP contribution in [0.25, 0.3) is 0 Å². The van der Waals surface area contributed by atoms with Gasteiger partial charge in [-0.1, -0.05) is 17.7 Å². The number of hydrogen-bond donors (Lipinski definition) is 3. The van der Waals surface area contributed by atoms with E-state index in [-0.39, 0.29) is 18.6 Å². The van der Waals surface area contributed by atoms with Gasteiger partial charge in [0.15, 0.2) is 18.1 Å². The number of nitrogens with one attached hydrogen (secondary N) is 3. The zero-order valence-corrected chi connectivity index (χ0v) is 22.2. The van der Waals surface area contributed by atoms with Crippen molar-refractivity contribution in [2.75, 3.05) is 31.7 Å². The van der Waals surface area contributed by atoms with Gasteiger partial charge < -0.3 is 24.8 Å². The predicted molar refractivity (Wildman–Crippen MR) is 142 cm³/mol. The van der Waals surface area contributed by atoms with E-state index in [1.54, 1.807) is 30.3 Å². The third-order valence-corrected chi connectivity index (χ3v) is 4.98. The summed E-state index contributed by atoms with van der Waals surface area (Å²) >= 11 is 5.99. The summed E-state index contributed by atoms with van der Waals surface area (Å²) in [5.74, 6) is -1.27. The predicted octanol–water partition coefficient (Wildman–Crippen LogP) is 3.45. The second-order valence-electron chi connectivity index (χ2n) is 8.16. The molecule has 0 fully saturated rings. The van der Waals surface area contributed by atoms with Crippen LogP contribution < -0.4 is 25.5 Å². The number of halogens is 1. The number of anilines is 1. The van der Waals surface area contributed by atoms with E-state index in [1.807, 2.05) is 33.8 Å². The first kappa shape index (κ1) is 29.6. The molecule has 200 valence electrons. The summed E-state index contributed by atoms with van der Waals surface area (Å²) in [4.78, 5) is 36.1. The van der Waals surface area contributed by atoms with Gasteiger partial charge in [-0.2, -0.15) is 5.10 Å². The van der Waals surface area contributed by atoms with Crippen LogP contribution in [0.2, 0.25) is 5.02 Å². The summed E-state index contributed by atoms with van der Waals surface area (Å²) in [6, 6.07) is 10.2. The lowest BCUT2D eigenvalue weighted by Gasteiger charge is -2.13. The lowest BCUT2D eigenvalue weighted by molar-refractivity contribution is -0.139. The van der Waals surface area contributed by atoms with E-state index in [0.29, 0.717) is 54.0 Å². The molecule has 10 nitrogen and oxygen atoms in total. The molecule has 3 amide bonds. The SMILES string of the molecule is CCOc1cc(/C=N\NC(=O)C(=O)NCCCOC(C)C)ccc1OCC(=O)Nc1cc(Cl)ccc1C. The third-order valence-electron chi connectivity index (χ3n) is 4.74. The molecule has 0 aromatic heterocycles. The molecule has 3 N–H and O–H groups in total. The Morgan fingerprint density at radius 3 is 2.57 bits per heavy atom. The molecule has 0 atom stereocenters. The Bertz CT molecular complexity index is 1110. The van der Waals surface area contributed by atoms with Crippen LogP contribution >= 0.6 is 11.6 Å². The molecule has 37 heavy (non-hydrogen) atoms. The van der Waals surface area contributed by atoms with Crippen LogP contribution in [0.5, 0.6) is 11.5 Å². The number of carbonyl (C=O) groups is 3. The molecule has 11 heteroatoms. The maximum Gasteiger partial charge on any atom is 0.329 e. The highest BCUT2D eigenvalue weighted by Gasteiger charge is 2.13. The average molecular weight is 533 g/mol. The van der Waals surface area contributed by atoms with Crippen molar-refractivity contribution in [3.8, 4) is 11.5 Å². The fourth-order valence-electron chi connectivity index (χ4n) is 2.94. The van der Waals surface area contributed by atoms with Gasteiger partial charge in [-0.3, -0.25) is 14.4 Å². The molecule has 2 rings (SSSR count). The van der Waals surface area contributed by atoms with Gasteiger partial charge >= 0.3 is 11.8 Å². The van der Waals surface area contributed by atoms with Gasteiger partial charge in [0.1, 0.15) is 0 Å². The molecule has 0 aliphatic rings. The normalized spacial score (nSPS) is 10.9. The highest BCUT2D eigenvalue weighted by atomic mass is 35.5. The van der Waals surface area contributed by atoms with Crippen molar-refractivity contribution in [3.05, 3.63) is 52.5 Å². The first-order valence-electron chi connectivity index (χ1n) is 11.9. The molecule has 0 unspecified atom stereocenters. The van der Waals surface area contributed by atoms with Crippen LogP contribution in [0, 0.1) is 6.92 Å². The van der Waals surface area contributed by atoms with E-state index in [2.05, 4.69) is 21.2 Å². The summed E-state index contributed by atoms with van der Waals surface area (Å²) < 4.78 is 16.6. The van der Waals surface area contributed by atoms with Gasteiger partial charge in [-0.05, 0) is 75.6 Å². The fourth-order valence-corrected chi connectivity index (χ4v) is 3.11. The number of ether oxygens (including phenoxy) is 3. The molecule has 0 saturated heterocycles. The van der Waals surface area contributed by atoms with Crippen LogP contribution in [0.3, 0.4) is 0 Å². The maximum absolute atomic E-state index is 12.4. The van der Waals surface area contributed by atoms with Crippen LogP contribution in [-0.4, -0.2) is 56.4 Å². The minimum absolute atomic E-state index is 0.112. The van der Waals surface area contributed by atoms with Crippen molar-refractivity contribution in [1.82, 2.24) is 10.7 Å². The first-order chi connectivity index (χ1) is 17.7. The van der Waals surface area contributed by atoms with E-state index < -0.39 is 11.8 Å². The monoisotopic (exact) mass is 532 g/mol. The number of carbonyl (C=O) groups excluding carboxylic acids is 3. The fraction of sp³-hybridized carbons (Fsp3) is 0.385. The number of amides is 3. The van der Waals surface area contributed by atoms with E-state index >= 15 is 0 Å². The highest BCUT2D eigenvalue weighted by Crippen LogP contribution is 2.28. The maximum atomic E-state index is 12.4. The molecule has 0 aliphatic carbocycles. The van der Waals surface area contributed by atoms with E-state index in [4.69, 9.17) is 25.8 Å². The lowest BCUT2D eigenvalue weighted by atomic mass is 10.2. The highest BCUT2D eigenvalue weighted by molar-refractivity contribution is 6.35. The Hall–Kier alpha value is -3.63. The smallest absolute Gasteiger partial charge is 0.329 e. The largest absolute Gasteiger partial charge is 0.490 e. The standard InChI is InChI=1S/C26H33ClN4O6/c1-5-35-23-13-19(15-29-31-26(34)25(33)28-11-6-12-36-17(2)3)8-10-22(23)37-16-24(32)30-21-14-20(27)9-7-18(21)4/h7-10,13-15,17H,5-6,11-12,16H2,1-4H3,(H,28,33)(H,30,32)(H,31,34)/b29-15-. The Morgan fingerprint density at radius 2 is 1.84 bits per heavy atom. The molecular formula is C26H33ClN4O6. The molecule has 0 spiro atoms. The second-order valence-corrected chi connectivity index (χ2v) is 8.60. The Labute approximate surface area is 221 Å². The minimum Gasteiger partial charge on any atom is -0.490 e. The molecule has 0 saturated carbocycles. The van der Waals surface area contributed by atoms with Crippen LogP contribution in [0.4, 0.5) is 5.69 Å². The Kier molecular flexibility index (Phi) is 12.4. The average Bonchev–Trinajstić information content (AvgIpc) is 2.85. The van der Waals surface area contributed by atoms with Gasteiger partial charge in [0.05, 0.1) is 18.9 Å². The lowest BCUT2D eigenvalue weighted by Crippen LogP contribution is -2.38. The molecule has 0 bridgehead atoms. The first-order valence-corrected chi connectivity index (χ1v) is 12.3. The molecule has 2 aromatic carbocycles. The number of nitrogens with zero attached hydrogens (tertiary/aromatic N) is 1. The number of benzene rings is 2. The van der Waals surface area contributed by atoms with Gasteiger partial charge in [0.2, 0.25) is 0 Å². The van der Waals surface area contributed by atoms with Gasteiger partial charge in [-0.15, -0.1) is 0 Å². The quantitative estimate of drug-likeness (QED) is 0.157. The third kappa shape index (κ3) is 10.9. The van der Waals surface area contributed by atoms with Crippen molar-refractivity contribution >= 4 is 41.2 Å². The van der Waals surface area contributed by atoms with Gasteiger partial charge in [0, 0.05) is 23.9 Å². The van der Waals surface area contributed by atoms with Crippen molar-refractivity contribution in [3.63, 3.8) is 0 Å². The molecule has 0 aliphatic heterocycles. The van der Waals surface area contributed by atoms with Crippen LogP contribution in [-0.2, 0) is 19.1 Å².